The molecule has 1 N–H and O–H groups in total. The van der Waals surface area contributed by atoms with Crippen molar-refractivity contribution in [3.05, 3.63) is 29.8 Å². The molecule has 0 radical (unpaired) electrons. The lowest BCUT2D eigenvalue weighted by atomic mass is 10.2. The maximum Gasteiger partial charge on any atom is 0.337 e. The van der Waals surface area contributed by atoms with Crippen molar-refractivity contribution in [2.75, 3.05) is 26.5 Å². The van der Waals surface area contributed by atoms with Crippen molar-refractivity contribution in [1.29, 1.82) is 0 Å². The first-order valence-corrected chi connectivity index (χ1v) is 7.07. The van der Waals surface area contributed by atoms with E-state index in [4.69, 9.17) is 4.74 Å². The summed E-state index contributed by atoms with van der Waals surface area (Å²) in [5.41, 5.74) is 0.430. The summed E-state index contributed by atoms with van der Waals surface area (Å²) in [6.07, 6.45) is 1.08. The number of hydrogen-bond acceptors (Lipinski definition) is 5. The van der Waals surface area contributed by atoms with E-state index in [0.29, 0.717) is 11.3 Å². The predicted molar refractivity (Wildman–Crippen MR) is 66.1 cm³/mol. The van der Waals surface area contributed by atoms with E-state index in [0.717, 1.165) is 6.26 Å². The zero-order valence-electron chi connectivity index (χ0n) is 10.2. The van der Waals surface area contributed by atoms with Crippen molar-refractivity contribution in [1.82, 2.24) is 4.72 Å². The van der Waals surface area contributed by atoms with E-state index in [-0.39, 0.29) is 13.2 Å². The van der Waals surface area contributed by atoms with Crippen molar-refractivity contribution in [2.45, 2.75) is 0 Å². The van der Waals surface area contributed by atoms with Crippen LogP contribution in [0.25, 0.3) is 0 Å². The highest BCUT2D eigenvalue weighted by molar-refractivity contribution is 7.88. The summed E-state index contributed by atoms with van der Waals surface area (Å²) in [4.78, 5) is 11.2. The topological polar surface area (TPSA) is 81.7 Å². The van der Waals surface area contributed by atoms with Gasteiger partial charge < -0.3 is 9.47 Å². The van der Waals surface area contributed by atoms with Gasteiger partial charge in [0.25, 0.3) is 0 Å². The molecule has 6 nitrogen and oxygen atoms in total. The molecule has 0 aliphatic heterocycles. The number of ether oxygens (including phenoxy) is 2. The first-order valence-electron chi connectivity index (χ1n) is 5.18. The minimum atomic E-state index is -3.19. The summed E-state index contributed by atoms with van der Waals surface area (Å²) in [5, 5.41) is 0. The van der Waals surface area contributed by atoms with Crippen molar-refractivity contribution < 1.29 is 22.7 Å². The SMILES string of the molecule is COC(=O)c1ccc(OCCNS(C)(=O)=O)cc1. The second-order valence-electron chi connectivity index (χ2n) is 3.53. The number of rotatable bonds is 6. The van der Waals surface area contributed by atoms with Gasteiger partial charge in [0.1, 0.15) is 12.4 Å². The molecule has 100 valence electrons. The van der Waals surface area contributed by atoms with Gasteiger partial charge in [-0.2, -0.15) is 0 Å². The van der Waals surface area contributed by atoms with Crippen LogP contribution in [0.4, 0.5) is 0 Å². The van der Waals surface area contributed by atoms with Gasteiger partial charge in [-0.3, -0.25) is 0 Å². The first kappa shape index (κ1) is 14.5. The lowest BCUT2D eigenvalue weighted by molar-refractivity contribution is 0.0600. The van der Waals surface area contributed by atoms with E-state index in [2.05, 4.69) is 9.46 Å². The summed E-state index contributed by atoms with van der Waals surface area (Å²) in [6.45, 7) is 0.405. The molecule has 0 atom stereocenters. The van der Waals surface area contributed by atoms with Gasteiger partial charge >= 0.3 is 5.97 Å². The number of carbonyl (C=O) groups is 1. The van der Waals surface area contributed by atoms with Crippen LogP contribution in [0.1, 0.15) is 10.4 Å². The quantitative estimate of drug-likeness (QED) is 0.599. The number of nitrogens with one attached hydrogen (secondary N) is 1. The van der Waals surface area contributed by atoms with Gasteiger partial charge in [0.15, 0.2) is 0 Å². The number of sulfonamides is 1. The van der Waals surface area contributed by atoms with Crippen molar-refractivity contribution in [3.63, 3.8) is 0 Å². The van der Waals surface area contributed by atoms with E-state index in [1.807, 2.05) is 0 Å². The molecule has 0 fully saturated rings. The Bertz CT molecular complexity index is 495. The normalized spacial score (nSPS) is 11.0. The van der Waals surface area contributed by atoms with Crippen LogP contribution in [0.3, 0.4) is 0 Å². The zero-order valence-corrected chi connectivity index (χ0v) is 11.0. The van der Waals surface area contributed by atoms with Crippen LogP contribution in [-0.2, 0) is 14.8 Å². The van der Waals surface area contributed by atoms with Gasteiger partial charge in [0.2, 0.25) is 10.0 Å². The lowest BCUT2D eigenvalue weighted by Gasteiger charge is -2.07. The zero-order chi connectivity index (χ0) is 13.6. The van der Waals surface area contributed by atoms with Crippen LogP contribution in [0.2, 0.25) is 0 Å². The molecule has 1 aromatic carbocycles. The van der Waals surface area contributed by atoms with Gasteiger partial charge in [0.05, 0.1) is 18.9 Å². The number of benzene rings is 1. The largest absolute Gasteiger partial charge is 0.492 e. The van der Waals surface area contributed by atoms with E-state index in [1.54, 1.807) is 24.3 Å². The molecule has 0 aliphatic carbocycles. The maximum atomic E-state index is 11.2. The summed E-state index contributed by atoms with van der Waals surface area (Å²) >= 11 is 0. The van der Waals surface area contributed by atoms with Gasteiger partial charge in [-0.15, -0.1) is 0 Å². The molecule has 0 spiro atoms. The molecule has 0 aliphatic rings. The van der Waals surface area contributed by atoms with Crippen molar-refractivity contribution in [3.8, 4) is 5.75 Å². The van der Waals surface area contributed by atoms with E-state index < -0.39 is 16.0 Å². The number of methoxy groups -OCH3 is 1. The highest BCUT2D eigenvalue weighted by atomic mass is 32.2. The molecule has 0 aromatic heterocycles. The van der Waals surface area contributed by atoms with Gasteiger partial charge in [0, 0.05) is 6.54 Å². The van der Waals surface area contributed by atoms with E-state index in [9.17, 15) is 13.2 Å². The van der Waals surface area contributed by atoms with E-state index >= 15 is 0 Å². The van der Waals surface area contributed by atoms with Gasteiger partial charge in [-0.25, -0.2) is 17.9 Å². The molecule has 0 bridgehead atoms. The third-order valence-corrected chi connectivity index (χ3v) is 2.74. The molecule has 0 heterocycles. The highest BCUT2D eigenvalue weighted by Gasteiger charge is 2.04. The fourth-order valence-corrected chi connectivity index (χ4v) is 1.66. The molecular weight excluding hydrogens is 258 g/mol. The molecule has 1 aromatic rings. The molecule has 0 saturated carbocycles. The molecule has 0 amide bonds. The Labute approximate surface area is 106 Å². The average Bonchev–Trinajstić information content (AvgIpc) is 2.33. The van der Waals surface area contributed by atoms with Crippen molar-refractivity contribution in [2.24, 2.45) is 0 Å². The third-order valence-electron chi connectivity index (χ3n) is 2.01. The molecule has 7 heteroatoms. The lowest BCUT2D eigenvalue weighted by Crippen LogP contribution is -2.26. The van der Waals surface area contributed by atoms with E-state index in [1.165, 1.54) is 7.11 Å². The maximum absolute atomic E-state index is 11.2. The molecule has 0 saturated heterocycles. The second kappa shape index (κ2) is 6.36. The minimum Gasteiger partial charge on any atom is -0.492 e. The number of hydrogen-bond donors (Lipinski definition) is 1. The van der Waals surface area contributed by atoms with Crippen molar-refractivity contribution >= 4 is 16.0 Å². The highest BCUT2D eigenvalue weighted by Crippen LogP contribution is 2.12. The monoisotopic (exact) mass is 273 g/mol. The Hall–Kier alpha value is -1.60. The Morgan fingerprint density at radius 3 is 2.39 bits per heavy atom. The molecule has 18 heavy (non-hydrogen) atoms. The van der Waals surface area contributed by atoms with Gasteiger partial charge in [-0.1, -0.05) is 0 Å². The number of esters is 1. The van der Waals surface area contributed by atoms with Gasteiger partial charge in [-0.05, 0) is 24.3 Å². The smallest absolute Gasteiger partial charge is 0.337 e. The van der Waals surface area contributed by atoms with Crippen LogP contribution in [0.5, 0.6) is 5.75 Å². The van der Waals surface area contributed by atoms with Crippen LogP contribution >= 0.6 is 0 Å². The standard InChI is InChI=1S/C11H15NO5S/c1-16-11(13)9-3-5-10(6-4-9)17-8-7-12-18(2,14)15/h3-6,12H,7-8H2,1-2H3. The second-order valence-corrected chi connectivity index (χ2v) is 5.36. The number of carbonyl (C=O) groups excluding carboxylic acids is 1. The summed E-state index contributed by atoms with van der Waals surface area (Å²) < 4.78 is 33.7. The van der Waals surface area contributed by atoms with Crippen LogP contribution in [0, 0.1) is 0 Å². The third kappa shape index (κ3) is 5.15. The first-order chi connectivity index (χ1) is 8.42. The fraction of sp³-hybridized carbons (Fsp3) is 0.364. The average molecular weight is 273 g/mol. The Balaban J connectivity index is 2.42. The molecule has 0 unspecified atom stereocenters. The van der Waals surface area contributed by atoms with Crippen LogP contribution < -0.4 is 9.46 Å². The molecular formula is C11H15NO5S. The van der Waals surface area contributed by atoms with Crippen LogP contribution in [-0.4, -0.2) is 40.9 Å². The Morgan fingerprint density at radius 1 is 1.28 bits per heavy atom. The Morgan fingerprint density at radius 2 is 1.89 bits per heavy atom. The summed E-state index contributed by atoms with van der Waals surface area (Å²) in [5.74, 6) is 0.137. The fourth-order valence-electron chi connectivity index (χ4n) is 1.20. The summed E-state index contributed by atoms with van der Waals surface area (Å²) in [6, 6.07) is 6.38. The molecule has 1 rings (SSSR count). The predicted octanol–water partition coefficient (Wildman–Crippen LogP) is 0.401. The minimum absolute atomic E-state index is 0.192. The Kier molecular flexibility index (Phi) is 5.11. The summed E-state index contributed by atoms with van der Waals surface area (Å²) in [7, 11) is -1.88. The van der Waals surface area contributed by atoms with Crippen LogP contribution in [0.15, 0.2) is 24.3 Å².